The minimum atomic E-state index is 1.03. The highest BCUT2D eigenvalue weighted by atomic mass is 15.1. The van der Waals surface area contributed by atoms with Crippen LogP contribution in [0.4, 0.5) is 34.1 Å². The number of rotatable bonds is 17. The van der Waals surface area contributed by atoms with Crippen molar-refractivity contribution in [3.63, 3.8) is 0 Å². The normalized spacial score (nSPS) is 10.6. The Balaban J connectivity index is 0.00000171. The topological polar surface area (TPSA) is 6.48 Å². The van der Waals surface area contributed by atoms with Crippen LogP contribution in [0.3, 0.4) is 0 Å². The molecule has 0 saturated heterocycles. The third-order valence-electron chi connectivity index (χ3n) is 11.3. The molecular weight excluding hydrogens is 737 g/mol. The molecule has 61 heavy (non-hydrogen) atoms. The van der Waals surface area contributed by atoms with Crippen molar-refractivity contribution >= 4 is 34.1 Å². The molecule has 0 aliphatic rings. The number of benzene rings is 7. The summed E-state index contributed by atoms with van der Waals surface area (Å²) < 4.78 is 0. The molecule has 0 saturated carbocycles. The van der Waals surface area contributed by atoms with Gasteiger partial charge >= 0.3 is 0 Å². The number of hydrogen-bond donors (Lipinski definition) is 0. The van der Waals surface area contributed by atoms with Crippen LogP contribution in [0.5, 0.6) is 0 Å². The molecule has 7 aromatic rings. The fourth-order valence-electron chi connectivity index (χ4n) is 7.70. The smallest absolute Gasteiger partial charge is 0.0462 e. The maximum Gasteiger partial charge on any atom is 0.0462 e. The zero-order chi connectivity index (χ0) is 43.4. The minimum absolute atomic E-state index is 1.03. The average molecular weight is 807 g/mol. The molecule has 0 aliphatic heterocycles. The van der Waals surface area contributed by atoms with Crippen LogP contribution >= 0.6 is 0 Å². The van der Waals surface area contributed by atoms with E-state index in [0.29, 0.717) is 0 Å². The summed E-state index contributed by atoms with van der Waals surface area (Å²) in [6.45, 7) is 16.9. The number of unbranched alkanes of at least 4 members (excludes halogenated alkanes) is 3. The Hall–Kier alpha value is -5.86. The summed E-state index contributed by atoms with van der Waals surface area (Å²) in [6, 6.07) is 63.3. The largest absolute Gasteiger partial charge is 0.311 e. The SMILES string of the molecule is CC.CC.CCCCCc1ccc(N(c2ccc(CC)cc2)c2ccc(-c3ccc(-c4ccc(N(c5ccc(CC)cc5)c5ccc(CCCC)cc5)cc4)cc3)cc2)cc1. The molecule has 316 valence electrons. The molecule has 0 amide bonds. The van der Waals surface area contributed by atoms with E-state index < -0.39 is 0 Å². The Labute approximate surface area is 370 Å². The van der Waals surface area contributed by atoms with Crippen molar-refractivity contribution in [1.29, 1.82) is 0 Å². The zero-order valence-electron chi connectivity index (χ0n) is 38.4. The van der Waals surface area contributed by atoms with Crippen molar-refractivity contribution in [2.75, 3.05) is 9.80 Å². The van der Waals surface area contributed by atoms with E-state index in [0.717, 1.165) is 37.1 Å². The molecule has 7 aromatic carbocycles. The van der Waals surface area contributed by atoms with E-state index in [1.165, 1.54) is 99.4 Å². The summed E-state index contributed by atoms with van der Waals surface area (Å²) in [4.78, 5) is 4.74. The number of anilines is 6. The lowest BCUT2D eigenvalue weighted by molar-refractivity contribution is 0.717. The molecule has 7 rings (SSSR count). The third kappa shape index (κ3) is 12.4. The van der Waals surface area contributed by atoms with E-state index >= 15 is 0 Å². The van der Waals surface area contributed by atoms with Gasteiger partial charge in [0, 0.05) is 34.1 Å². The molecule has 0 fully saturated rings. The summed E-state index contributed by atoms with van der Waals surface area (Å²) in [5.41, 5.74) is 17.3. The molecular formula is C59H70N2. The first-order valence-corrected chi connectivity index (χ1v) is 23.3. The molecule has 0 bridgehead atoms. The van der Waals surface area contributed by atoms with Crippen molar-refractivity contribution in [2.45, 2.75) is 113 Å². The molecule has 0 N–H and O–H groups in total. The van der Waals surface area contributed by atoms with Crippen molar-refractivity contribution < 1.29 is 0 Å². The van der Waals surface area contributed by atoms with Gasteiger partial charge in [0.1, 0.15) is 0 Å². The lowest BCUT2D eigenvalue weighted by atomic mass is 9.99. The second kappa shape index (κ2) is 24.4. The predicted molar refractivity (Wildman–Crippen MR) is 270 cm³/mol. The van der Waals surface area contributed by atoms with Crippen molar-refractivity contribution in [1.82, 2.24) is 0 Å². The second-order valence-corrected chi connectivity index (χ2v) is 15.3. The molecule has 2 nitrogen and oxygen atoms in total. The highest BCUT2D eigenvalue weighted by molar-refractivity contribution is 5.81. The van der Waals surface area contributed by atoms with Gasteiger partial charge in [0.15, 0.2) is 0 Å². The van der Waals surface area contributed by atoms with Crippen LogP contribution in [0, 0.1) is 0 Å². The second-order valence-electron chi connectivity index (χ2n) is 15.3. The van der Waals surface area contributed by atoms with Crippen LogP contribution in [0.25, 0.3) is 22.3 Å². The highest BCUT2D eigenvalue weighted by Gasteiger charge is 2.15. The molecule has 0 spiro atoms. The Morgan fingerprint density at radius 1 is 0.262 bits per heavy atom. The van der Waals surface area contributed by atoms with Crippen molar-refractivity contribution in [2.24, 2.45) is 0 Å². The molecule has 0 unspecified atom stereocenters. The Morgan fingerprint density at radius 3 is 0.754 bits per heavy atom. The van der Waals surface area contributed by atoms with E-state index in [2.05, 4.69) is 207 Å². The van der Waals surface area contributed by atoms with Crippen LogP contribution in [0.2, 0.25) is 0 Å². The first-order chi connectivity index (χ1) is 30.1. The third-order valence-corrected chi connectivity index (χ3v) is 11.3. The first kappa shape index (κ1) is 46.2. The summed E-state index contributed by atoms with van der Waals surface area (Å²) in [5, 5.41) is 0. The minimum Gasteiger partial charge on any atom is -0.311 e. The lowest BCUT2D eigenvalue weighted by Gasteiger charge is -2.26. The van der Waals surface area contributed by atoms with E-state index in [-0.39, 0.29) is 0 Å². The van der Waals surface area contributed by atoms with Gasteiger partial charge in [-0.05, 0) is 156 Å². The molecule has 0 aliphatic carbocycles. The van der Waals surface area contributed by atoms with Crippen LogP contribution in [-0.4, -0.2) is 0 Å². The van der Waals surface area contributed by atoms with Gasteiger partial charge in [0.2, 0.25) is 0 Å². The van der Waals surface area contributed by atoms with E-state index in [9.17, 15) is 0 Å². The summed E-state index contributed by atoms with van der Waals surface area (Å²) in [5.74, 6) is 0. The van der Waals surface area contributed by atoms with Gasteiger partial charge < -0.3 is 9.80 Å². The highest BCUT2D eigenvalue weighted by Crippen LogP contribution is 2.38. The van der Waals surface area contributed by atoms with E-state index in [1.807, 2.05) is 27.7 Å². The Morgan fingerprint density at radius 2 is 0.492 bits per heavy atom. The van der Waals surface area contributed by atoms with E-state index in [1.54, 1.807) is 0 Å². The molecule has 0 radical (unpaired) electrons. The predicted octanol–water partition coefficient (Wildman–Crippen LogP) is 18.2. The number of nitrogens with zero attached hydrogens (tertiary/aromatic N) is 2. The summed E-state index contributed by atoms with van der Waals surface area (Å²) >= 11 is 0. The fourth-order valence-corrected chi connectivity index (χ4v) is 7.70. The van der Waals surface area contributed by atoms with Crippen LogP contribution in [0.1, 0.15) is 110 Å². The summed E-state index contributed by atoms with van der Waals surface area (Å²) in [6.07, 6.45) is 10.5. The van der Waals surface area contributed by atoms with Gasteiger partial charge in [-0.3, -0.25) is 0 Å². The van der Waals surface area contributed by atoms with Gasteiger partial charge in [0.25, 0.3) is 0 Å². The number of aryl methyl sites for hydroxylation is 4. The van der Waals surface area contributed by atoms with E-state index in [4.69, 9.17) is 0 Å². The van der Waals surface area contributed by atoms with Crippen molar-refractivity contribution in [3.05, 3.63) is 192 Å². The van der Waals surface area contributed by atoms with Crippen LogP contribution < -0.4 is 9.80 Å². The molecule has 2 heteroatoms. The zero-order valence-corrected chi connectivity index (χ0v) is 38.4. The first-order valence-electron chi connectivity index (χ1n) is 23.3. The maximum absolute atomic E-state index is 2.37. The van der Waals surface area contributed by atoms with Gasteiger partial charge in [-0.25, -0.2) is 0 Å². The maximum atomic E-state index is 2.37. The summed E-state index contributed by atoms with van der Waals surface area (Å²) in [7, 11) is 0. The quantitative estimate of drug-likeness (QED) is 0.0846. The molecule has 0 atom stereocenters. The van der Waals surface area contributed by atoms with Crippen molar-refractivity contribution in [3.8, 4) is 22.3 Å². The van der Waals surface area contributed by atoms with Gasteiger partial charge in [-0.1, -0.05) is 172 Å². The Bertz CT molecular complexity index is 2250. The average Bonchev–Trinajstić information content (AvgIpc) is 3.34. The monoisotopic (exact) mass is 807 g/mol. The van der Waals surface area contributed by atoms with Gasteiger partial charge in [0.05, 0.1) is 0 Å². The molecule has 0 aromatic heterocycles. The fraction of sp³-hybridized carbons (Fsp3) is 0.288. The lowest BCUT2D eigenvalue weighted by Crippen LogP contribution is -2.10. The Kier molecular flexibility index (Phi) is 18.5. The van der Waals surface area contributed by atoms with Crippen LogP contribution in [0.15, 0.2) is 170 Å². The van der Waals surface area contributed by atoms with Crippen LogP contribution in [-0.2, 0) is 25.7 Å². The van der Waals surface area contributed by atoms with Gasteiger partial charge in [-0.15, -0.1) is 0 Å². The molecule has 0 heterocycles. The van der Waals surface area contributed by atoms with Gasteiger partial charge in [-0.2, -0.15) is 0 Å². The number of hydrogen-bond acceptors (Lipinski definition) is 2. The standard InChI is InChI=1S/C55H58N2.2C2H6/c1-5-9-11-13-45-20-36-53(37-21-45)57(51-32-16-43(8-4)17-33-51)55-40-28-49(29-41-55)47-24-22-46(23-25-47)48-26-38-54(39-27-48)56(50-30-14-42(7-3)15-31-50)52-34-18-44(19-35-52)12-10-6-2;2*1-2/h14-41H,5-13H2,1-4H3;2*1-2H3.